The molecule has 0 saturated heterocycles. The first-order chi connectivity index (χ1) is 35.0. The predicted molar refractivity (Wildman–Crippen MR) is 287 cm³/mol. The van der Waals surface area contributed by atoms with E-state index in [2.05, 4.69) is 117 Å². The van der Waals surface area contributed by atoms with Gasteiger partial charge >= 0.3 is 0 Å². The number of Topliss-reactive ketones (excluding diaryl/α,β-unsaturated/α-hetero) is 2. The first-order valence-corrected chi connectivity index (χ1v) is 26.1. The third-order valence-electron chi connectivity index (χ3n) is 14.0. The molecule has 6 aromatic rings. The minimum Gasteiger partial charge on any atom is -0.289 e. The van der Waals surface area contributed by atoms with Gasteiger partial charge < -0.3 is 0 Å². The molecule has 12 heteroatoms. The van der Waals surface area contributed by atoms with Crippen molar-refractivity contribution in [1.29, 1.82) is 10.5 Å². The summed E-state index contributed by atoms with van der Waals surface area (Å²) in [5.41, 5.74) is 7.44. The Hall–Kier alpha value is -7.48. The first-order valence-electron chi connectivity index (χ1n) is 24.5. The van der Waals surface area contributed by atoms with E-state index in [1.165, 1.54) is 22.7 Å². The van der Waals surface area contributed by atoms with E-state index in [0.29, 0.717) is 29.3 Å². The summed E-state index contributed by atoms with van der Waals surface area (Å²) in [5.74, 6) is -6.31. The van der Waals surface area contributed by atoms with Crippen LogP contribution in [0.4, 0.5) is 17.6 Å². The van der Waals surface area contributed by atoms with E-state index >= 15 is 17.6 Å². The van der Waals surface area contributed by atoms with Crippen molar-refractivity contribution < 1.29 is 27.2 Å². The molecule has 8 rings (SSSR count). The number of nitrogens with zero attached hydrogens (tertiary/aromatic N) is 4. The molecule has 0 aliphatic heterocycles. The van der Waals surface area contributed by atoms with Crippen LogP contribution in [0.25, 0.3) is 54.2 Å². The van der Waals surface area contributed by atoms with Crippen molar-refractivity contribution in [3.63, 3.8) is 0 Å². The van der Waals surface area contributed by atoms with E-state index in [0.717, 1.165) is 68.8 Å². The lowest BCUT2D eigenvalue weighted by Gasteiger charge is -2.23. The highest BCUT2D eigenvalue weighted by Gasteiger charge is 2.37. The summed E-state index contributed by atoms with van der Waals surface area (Å²) in [4.78, 5) is 36.8. The molecular formula is C62H52F4N4O2S2. The summed E-state index contributed by atoms with van der Waals surface area (Å²) in [6.45, 7) is 41.4. The zero-order chi connectivity index (χ0) is 54.1. The van der Waals surface area contributed by atoms with Crippen LogP contribution in [0.3, 0.4) is 0 Å². The van der Waals surface area contributed by atoms with Crippen molar-refractivity contribution in [2.45, 2.75) is 119 Å². The number of ketones is 2. The van der Waals surface area contributed by atoms with Crippen LogP contribution in [0, 0.1) is 68.1 Å². The van der Waals surface area contributed by atoms with Gasteiger partial charge in [-0.1, -0.05) is 107 Å². The molecule has 372 valence electrons. The molecule has 0 radical (unpaired) electrons. The molecule has 0 spiro atoms. The number of nitriles is 2. The highest BCUT2D eigenvalue weighted by Crippen LogP contribution is 2.47. The summed E-state index contributed by atoms with van der Waals surface area (Å²) in [6, 6.07) is 19.6. The van der Waals surface area contributed by atoms with Crippen LogP contribution < -0.4 is 9.06 Å². The number of hydrogen-bond acceptors (Lipinski definition) is 6. The van der Waals surface area contributed by atoms with Crippen LogP contribution in [0.5, 0.6) is 0 Å². The number of carbonyl (C=O) groups is 2. The maximum atomic E-state index is 15.2. The largest absolute Gasteiger partial charge is 0.289 e. The van der Waals surface area contributed by atoms with E-state index in [-0.39, 0.29) is 80.1 Å². The van der Waals surface area contributed by atoms with Gasteiger partial charge in [-0.15, -0.1) is 22.7 Å². The molecule has 6 nitrogen and oxygen atoms in total. The second-order valence-electron chi connectivity index (χ2n) is 20.7. The lowest BCUT2D eigenvalue weighted by atomic mass is 9.81. The Morgan fingerprint density at radius 2 is 0.730 bits per heavy atom. The Balaban J connectivity index is 1.76. The quantitative estimate of drug-likeness (QED) is 0.0863. The molecule has 0 fully saturated rings. The van der Waals surface area contributed by atoms with Crippen molar-refractivity contribution in [3.05, 3.63) is 192 Å². The van der Waals surface area contributed by atoms with Gasteiger partial charge in [0.25, 0.3) is 11.4 Å². The molecule has 74 heavy (non-hydrogen) atoms. The summed E-state index contributed by atoms with van der Waals surface area (Å²) in [6.07, 6.45) is 0. The lowest BCUT2D eigenvalue weighted by molar-refractivity contribution is 0.105. The molecule has 0 bridgehead atoms. The van der Waals surface area contributed by atoms with Gasteiger partial charge in [-0.25, -0.2) is 37.8 Å². The number of thiophene rings is 2. The topological polar surface area (TPSA) is 90.4 Å². The average molecular weight is 1030 g/mol. The molecular weight excluding hydrogens is 973 g/mol. The Labute approximate surface area is 436 Å². The van der Waals surface area contributed by atoms with E-state index in [1.54, 1.807) is 0 Å². The van der Waals surface area contributed by atoms with E-state index in [4.69, 9.17) is 13.1 Å². The molecule has 2 heterocycles. The Morgan fingerprint density at radius 3 is 0.973 bits per heavy atom. The third-order valence-corrected chi connectivity index (χ3v) is 16.4. The van der Waals surface area contributed by atoms with Gasteiger partial charge in [0, 0.05) is 53.6 Å². The second-order valence-corrected chi connectivity index (χ2v) is 22.8. The van der Waals surface area contributed by atoms with Gasteiger partial charge in [0.05, 0.1) is 34.3 Å². The van der Waals surface area contributed by atoms with Gasteiger partial charge in [0.2, 0.25) is 0 Å². The zero-order valence-corrected chi connectivity index (χ0v) is 44.8. The molecule has 4 aromatic carbocycles. The minimum absolute atomic E-state index is 0.0464. The van der Waals surface area contributed by atoms with Crippen molar-refractivity contribution in [2.24, 2.45) is 0 Å². The normalized spacial score (nSPS) is 16.6. The van der Waals surface area contributed by atoms with E-state index < -0.39 is 46.2 Å². The minimum atomic E-state index is -1.26. The summed E-state index contributed by atoms with van der Waals surface area (Å²) < 4.78 is 62.5. The zero-order valence-electron chi connectivity index (χ0n) is 43.2. The van der Waals surface area contributed by atoms with Crippen molar-refractivity contribution in [1.82, 2.24) is 0 Å². The van der Waals surface area contributed by atoms with Crippen LogP contribution in [0.15, 0.2) is 72.1 Å². The molecule has 2 aromatic heterocycles. The van der Waals surface area contributed by atoms with E-state index in [9.17, 15) is 20.1 Å². The molecule has 2 aliphatic carbocycles. The lowest BCUT2D eigenvalue weighted by Crippen LogP contribution is -2.07. The summed E-state index contributed by atoms with van der Waals surface area (Å²) in [7, 11) is 0. The van der Waals surface area contributed by atoms with Crippen LogP contribution in [-0.4, -0.2) is 11.6 Å². The van der Waals surface area contributed by atoms with Gasteiger partial charge in [-0.3, -0.25) is 9.59 Å². The standard InChI is InChI=1S/C62H52F4N4O2S2/c1-27(2)33-15-35(29(5)6)53(36(16-33)30(7)8)43-23-51(57-55(49(25-67)69-13)39-19-45(63)47(65)21-41(39)59(57)71)73-61(43)62-44(54-37(31(9)10)17-34(28(3)4)18-38(54)32(11)12)24-52(74-62)58-56(50(26-68)70-14)40-20-46(64)48(66)22-42(40)60(58)72/h15-24,27-32H,1-12H3/b55-49-,56-50+,57-51-,58-52-,62-61+. The van der Waals surface area contributed by atoms with Gasteiger partial charge in [-0.2, -0.15) is 0 Å². The molecule has 2 aliphatic rings. The van der Waals surface area contributed by atoms with Gasteiger partial charge in [-0.05, 0) is 128 Å². The van der Waals surface area contributed by atoms with Crippen LogP contribution in [0.1, 0.15) is 184 Å². The summed E-state index contributed by atoms with van der Waals surface area (Å²) in [5, 5.41) is 20.8. The highest BCUT2D eigenvalue weighted by molar-refractivity contribution is 7.12. The number of allylic oxidation sites excluding steroid dienone is 4. The van der Waals surface area contributed by atoms with Crippen molar-refractivity contribution >= 4 is 56.5 Å². The fraction of sp³-hybridized carbons (Fsp3) is 0.290. The van der Waals surface area contributed by atoms with Gasteiger partial charge in [0.1, 0.15) is 0 Å². The maximum Gasteiger partial charge on any atom is 0.270 e. The Kier molecular flexibility index (Phi) is 14.3. The number of fused-ring (bicyclic) bond motifs is 2. The summed E-state index contributed by atoms with van der Waals surface area (Å²) >= 11 is 2.41. The fourth-order valence-electron chi connectivity index (χ4n) is 10.2. The molecule has 0 atom stereocenters. The fourth-order valence-corrected chi connectivity index (χ4v) is 12.7. The van der Waals surface area contributed by atoms with Crippen molar-refractivity contribution in [3.8, 4) is 34.4 Å². The number of hydrogen-bond donors (Lipinski definition) is 0. The molecule has 0 N–H and O–H groups in total. The van der Waals surface area contributed by atoms with Crippen LogP contribution in [0.2, 0.25) is 0 Å². The smallest absolute Gasteiger partial charge is 0.270 e. The highest BCUT2D eigenvalue weighted by atomic mass is 32.1. The van der Waals surface area contributed by atoms with E-state index in [1.807, 2.05) is 24.3 Å². The van der Waals surface area contributed by atoms with Crippen LogP contribution in [-0.2, 0) is 0 Å². The molecule has 0 amide bonds. The Bertz CT molecular complexity index is 3600. The first kappa shape index (κ1) is 52.8. The SMILES string of the molecule is [C-]#[N+]/C(C#N)=C1\C(=c2/cc(-c3c(C(C)C)cc(C(C)C)cc3C(C)C)/c(=c3\s/c(=C4\C(=O)c5cc(F)c(F)cc5\C4=C(\C#N)[N+]#[C-])cc3-c3c(C(C)C)cc(C(C)C)cc3C(C)C)s2)C(=O)c2cc(F)c(F)cc21. The predicted octanol–water partition coefficient (Wildman–Crippen LogP) is 16.1. The number of carbonyl (C=O) groups excluding carboxylic acids is 2. The Morgan fingerprint density at radius 1 is 0.446 bits per heavy atom. The monoisotopic (exact) mass is 1020 g/mol. The number of benzene rings is 4. The second kappa shape index (κ2) is 20.1. The number of rotatable bonds is 8. The van der Waals surface area contributed by atoms with Gasteiger partial charge in [0.15, 0.2) is 34.8 Å². The maximum absolute atomic E-state index is 15.2. The average Bonchev–Trinajstić information content (AvgIpc) is 4.11. The number of halogens is 4. The van der Waals surface area contributed by atoms with Crippen molar-refractivity contribution in [2.75, 3.05) is 0 Å². The molecule has 0 saturated carbocycles. The third kappa shape index (κ3) is 8.75. The molecule has 0 unspecified atom stereocenters. The van der Waals surface area contributed by atoms with Crippen LogP contribution >= 0.6 is 22.7 Å².